The summed E-state index contributed by atoms with van der Waals surface area (Å²) in [5, 5.41) is 8.72. The highest BCUT2D eigenvalue weighted by atomic mass is 79.9. The van der Waals surface area contributed by atoms with E-state index in [0.717, 1.165) is 35.9 Å². The summed E-state index contributed by atoms with van der Waals surface area (Å²) in [7, 11) is 2.64. The first-order valence-corrected chi connectivity index (χ1v) is 17.6. The van der Waals surface area contributed by atoms with E-state index in [0.29, 0.717) is 22.3 Å². The van der Waals surface area contributed by atoms with Crippen LogP contribution in [-0.4, -0.2) is 37.2 Å². The molecule has 6 rings (SSSR count). The van der Waals surface area contributed by atoms with E-state index in [1.807, 2.05) is 0 Å². The largest absolute Gasteiger partial charge is 0.478 e. The van der Waals surface area contributed by atoms with Crippen LogP contribution >= 0.6 is 15.9 Å². The lowest BCUT2D eigenvalue weighted by molar-refractivity contribution is 0.0592. The second-order valence-corrected chi connectivity index (χ2v) is 12.3. The number of hydrogen-bond acceptors (Lipinski definition) is 5. The van der Waals surface area contributed by atoms with Crippen molar-refractivity contribution in [3.63, 3.8) is 0 Å². The van der Waals surface area contributed by atoms with Crippen LogP contribution in [0.25, 0.3) is 0 Å². The van der Waals surface area contributed by atoms with Crippen LogP contribution in [0.1, 0.15) is 58.9 Å². The summed E-state index contributed by atoms with van der Waals surface area (Å²) >= 11 is 2.89. The van der Waals surface area contributed by atoms with Crippen LogP contribution in [0.3, 0.4) is 0 Å². The summed E-state index contributed by atoms with van der Waals surface area (Å²) in [4.78, 5) is 32.8. The first kappa shape index (κ1) is 46.8. The number of benzene rings is 6. The van der Waals surface area contributed by atoms with E-state index < -0.39 is 46.8 Å². The van der Waals surface area contributed by atoms with Crippen molar-refractivity contribution in [2.45, 2.75) is 0 Å². The fraction of sp³-hybridized carbons (Fsp3) is 0.0426. The molecule has 6 nitrogen and oxygen atoms in total. The Morgan fingerprint density at radius 2 is 0.850 bits per heavy atom. The molecule has 0 amide bonds. The molecule has 13 heteroatoms. The topological polar surface area (TPSA) is 89.9 Å². The van der Waals surface area contributed by atoms with Crippen LogP contribution in [0.4, 0.5) is 26.3 Å². The average molecular weight is 884 g/mol. The summed E-state index contributed by atoms with van der Waals surface area (Å²) in [5.41, 5.74) is 3.19. The molecule has 0 unspecified atom stereocenters. The van der Waals surface area contributed by atoms with Crippen molar-refractivity contribution >= 4 is 33.8 Å². The molecule has 0 radical (unpaired) electrons. The number of esters is 2. The third-order valence-electron chi connectivity index (χ3n) is 7.34. The maximum Gasteiger partial charge on any atom is 0.337 e. The highest BCUT2D eigenvalue weighted by molar-refractivity contribution is 9.10. The van der Waals surface area contributed by atoms with Crippen molar-refractivity contribution in [3.8, 4) is 36.0 Å². The van der Waals surface area contributed by atoms with Crippen LogP contribution < -0.4 is 0 Å². The lowest BCUT2D eigenvalue weighted by Crippen LogP contribution is -2.00. The molecule has 0 bridgehead atoms. The number of carboxylic acid groups (broad SMARTS) is 1. The average Bonchev–Trinajstić information content (AvgIpc) is 3.25. The number of rotatable bonds is 3. The van der Waals surface area contributed by atoms with Gasteiger partial charge in [0.25, 0.3) is 0 Å². The quantitative estimate of drug-likeness (QED) is 0.0824. The molecule has 6 aromatic carbocycles. The minimum absolute atomic E-state index is 0.0868. The highest BCUT2D eigenvalue weighted by Crippen LogP contribution is 2.15. The van der Waals surface area contributed by atoms with Gasteiger partial charge in [-0.05, 0) is 125 Å². The highest BCUT2D eigenvalue weighted by Gasteiger charge is 2.06. The first-order chi connectivity index (χ1) is 28.6. The smallest absolute Gasteiger partial charge is 0.337 e. The number of carbonyl (C=O) groups is 3. The lowest BCUT2D eigenvalue weighted by Gasteiger charge is -1.98. The van der Waals surface area contributed by atoms with Crippen LogP contribution in [0.2, 0.25) is 0 Å². The van der Waals surface area contributed by atoms with E-state index in [1.165, 1.54) is 62.8 Å². The summed E-state index contributed by atoms with van der Waals surface area (Å²) in [6.45, 7) is 0. The monoisotopic (exact) mass is 882 g/mol. The molecule has 0 aromatic heterocycles. The molecule has 0 saturated carbocycles. The number of carbonyl (C=O) groups excluding carboxylic acids is 2. The second kappa shape index (κ2) is 23.6. The molecule has 0 aliphatic heterocycles. The maximum atomic E-state index is 13.4. The Kier molecular flexibility index (Phi) is 18.5. The van der Waals surface area contributed by atoms with Gasteiger partial charge in [0.1, 0.15) is 34.9 Å². The van der Waals surface area contributed by atoms with Crippen LogP contribution in [0, 0.1) is 70.9 Å². The van der Waals surface area contributed by atoms with Crippen LogP contribution in [0.15, 0.2) is 132 Å². The van der Waals surface area contributed by atoms with Gasteiger partial charge in [-0.15, -0.1) is 6.42 Å². The van der Waals surface area contributed by atoms with Crippen molar-refractivity contribution in [2.24, 2.45) is 0 Å². The number of terminal acetylenes is 1. The third kappa shape index (κ3) is 15.4. The van der Waals surface area contributed by atoms with E-state index in [4.69, 9.17) is 11.5 Å². The standard InChI is InChI=1S/C16H10F2O2.C15H8F2O2.C10H8O2.C6H3BrF2/c1-20-16(19)13-6-3-11(4-7-13)2-5-12-8-9-14(17)10-15(12)18;16-13-8-7-11(14(17)9-13)4-1-10-2-5-12(6-3-10)15(18)19;1-3-8-4-6-9(7-5-8)10(11)12-2;7-5-2-1-4(8)3-6(5)9/h3-4,6-10H,1H3;2-3,5-9H,(H,18,19);1,4-7H,2H3;1-3H. The fourth-order valence-corrected chi connectivity index (χ4v) is 4.50. The van der Waals surface area contributed by atoms with Gasteiger partial charge in [0, 0.05) is 34.9 Å². The Bertz CT molecular complexity index is 2620. The number of methoxy groups -OCH3 is 2. The first-order valence-electron chi connectivity index (χ1n) is 16.9. The molecule has 0 atom stereocenters. The summed E-state index contributed by atoms with van der Waals surface area (Å²) in [5.74, 6) is 7.38. The maximum absolute atomic E-state index is 13.4. The van der Waals surface area contributed by atoms with E-state index in [9.17, 15) is 40.7 Å². The Hall–Kier alpha value is -7.53. The molecule has 0 saturated heterocycles. The summed E-state index contributed by atoms with van der Waals surface area (Å²) in [6.07, 6.45) is 5.14. The number of aromatic carboxylic acids is 1. The van der Waals surface area contributed by atoms with Gasteiger partial charge >= 0.3 is 17.9 Å². The van der Waals surface area contributed by atoms with E-state index >= 15 is 0 Å². The molecule has 0 fully saturated rings. The molecule has 0 aliphatic rings. The third-order valence-corrected chi connectivity index (χ3v) is 7.98. The SMILES string of the molecule is C#Cc1ccc(C(=O)OC)cc1.COC(=O)c1ccc(C#Cc2ccc(F)cc2F)cc1.Fc1ccc(Br)c(F)c1.O=C(O)c1ccc(C#Cc2ccc(F)cc2F)cc1. The molecule has 6 aromatic rings. The van der Waals surface area contributed by atoms with E-state index in [2.05, 4.69) is 55.0 Å². The fourth-order valence-electron chi connectivity index (χ4n) is 4.26. The molecule has 60 heavy (non-hydrogen) atoms. The Morgan fingerprint density at radius 3 is 1.17 bits per heavy atom. The second-order valence-electron chi connectivity index (χ2n) is 11.5. The van der Waals surface area contributed by atoms with E-state index in [-0.39, 0.29) is 27.1 Å². The number of ether oxygens (including phenoxy) is 2. The van der Waals surface area contributed by atoms with Crippen molar-refractivity contribution in [1.29, 1.82) is 0 Å². The lowest BCUT2D eigenvalue weighted by atomic mass is 10.1. The number of hydrogen-bond donors (Lipinski definition) is 1. The van der Waals surface area contributed by atoms with Gasteiger partial charge in [0.2, 0.25) is 0 Å². The van der Waals surface area contributed by atoms with Crippen molar-refractivity contribution in [1.82, 2.24) is 0 Å². The van der Waals surface area contributed by atoms with Crippen molar-refractivity contribution < 1.29 is 55.3 Å². The Balaban J connectivity index is 0.000000223. The van der Waals surface area contributed by atoms with Gasteiger partial charge < -0.3 is 14.6 Å². The summed E-state index contributed by atoms with van der Waals surface area (Å²) < 4.78 is 85.8. The van der Waals surface area contributed by atoms with Crippen LogP contribution in [0.5, 0.6) is 0 Å². The van der Waals surface area contributed by atoms with Gasteiger partial charge in [0.05, 0.1) is 46.5 Å². The van der Waals surface area contributed by atoms with Gasteiger partial charge in [0.15, 0.2) is 0 Å². The molecule has 0 heterocycles. The minimum atomic E-state index is -1.02. The predicted molar refractivity (Wildman–Crippen MR) is 216 cm³/mol. The van der Waals surface area contributed by atoms with Crippen molar-refractivity contribution in [3.05, 3.63) is 211 Å². The number of halogens is 7. The van der Waals surface area contributed by atoms with Gasteiger partial charge in [-0.2, -0.15) is 0 Å². The zero-order valence-electron chi connectivity index (χ0n) is 31.3. The van der Waals surface area contributed by atoms with Crippen molar-refractivity contribution in [2.75, 3.05) is 14.2 Å². The van der Waals surface area contributed by atoms with Gasteiger partial charge in [-0.25, -0.2) is 40.7 Å². The Morgan fingerprint density at radius 1 is 0.500 bits per heavy atom. The molecule has 302 valence electrons. The zero-order chi connectivity index (χ0) is 44.2. The van der Waals surface area contributed by atoms with Crippen LogP contribution in [-0.2, 0) is 9.47 Å². The Labute approximate surface area is 349 Å². The molecular formula is C47H29BrF6O6. The summed E-state index contributed by atoms with van der Waals surface area (Å²) in [6, 6.07) is 28.6. The minimum Gasteiger partial charge on any atom is -0.478 e. The molecular weight excluding hydrogens is 854 g/mol. The molecule has 1 N–H and O–H groups in total. The van der Waals surface area contributed by atoms with Gasteiger partial charge in [-0.3, -0.25) is 0 Å². The predicted octanol–water partition coefficient (Wildman–Crippen LogP) is 10.4. The molecule has 0 spiro atoms. The van der Waals surface area contributed by atoms with Gasteiger partial charge in [-0.1, -0.05) is 29.6 Å². The molecule has 0 aliphatic carbocycles. The van der Waals surface area contributed by atoms with E-state index in [1.54, 1.807) is 48.5 Å². The number of carboxylic acids is 1. The normalized spacial score (nSPS) is 9.40. The zero-order valence-corrected chi connectivity index (χ0v) is 32.9.